The van der Waals surface area contributed by atoms with Gasteiger partial charge in [0.15, 0.2) is 11.2 Å². The summed E-state index contributed by atoms with van der Waals surface area (Å²) in [5.41, 5.74) is 7.98. The molecule has 1 atom stereocenters. The number of carboxylic acids is 1. The summed E-state index contributed by atoms with van der Waals surface area (Å²) in [6, 6.07) is 8.24. The van der Waals surface area contributed by atoms with Gasteiger partial charge in [-0.1, -0.05) is 29.8 Å². The molecule has 35 heavy (non-hydrogen) atoms. The van der Waals surface area contributed by atoms with Crippen LogP contribution in [0, 0.1) is 20.8 Å². The Labute approximate surface area is 211 Å². The van der Waals surface area contributed by atoms with Gasteiger partial charge in [0.1, 0.15) is 0 Å². The van der Waals surface area contributed by atoms with E-state index in [1.54, 1.807) is 20.8 Å². The second-order valence-electron chi connectivity index (χ2n) is 10.2. The topological polar surface area (TPSA) is 90.3 Å². The first kappa shape index (κ1) is 27.5. The lowest BCUT2D eigenvalue weighted by atomic mass is 9.84. The van der Waals surface area contributed by atoms with Crippen LogP contribution in [-0.2, 0) is 40.2 Å². The number of aliphatic hydroxyl groups is 1. The van der Waals surface area contributed by atoms with E-state index in [9.17, 15) is 14.1 Å². The van der Waals surface area contributed by atoms with E-state index in [2.05, 4.69) is 31.2 Å². The smallest absolute Gasteiger partial charge is 0.307 e. The van der Waals surface area contributed by atoms with Crippen molar-refractivity contribution >= 4 is 17.1 Å². The van der Waals surface area contributed by atoms with Crippen LogP contribution in [0.2, 0.25) is 0 Å². The highest BCUT2D eigenvalue weighted by molar-refractivity contribution is 7.80. The molecule has 2 aliphatic rings. The fourth-order valence-electron chi connectivity index (χ4n) is 4.50. The molecule has 0 bridgehead atoms. The largest absolute Gasteiger partial charge is 0.481 e. The predicted octanol–water partition coefficient (Wildman–Crippen LogP) is 3.91. The van der Waals surface area contributed by atoms with Gasteiger partial charge in [0.25, 0.3) is 0 Å². The molecule has 0 saturated carbocycles. The highest BCUT2D eigenvalue weighted by atomic mass is 32.2. The molecule has 4 rings (SSSR count). The summed E-state index contributed by atoms with van der Waals surface area (Å²) in [5, 5.41) is 18.1. The third-order valence-corrected chi connectivity index (χ3v) is 7.65. The van der Waals surface area contributed by atoms with Gasteiger partial charge in [0, 0.05) is 26.2 Å². The van der Waals surface area contributed by atoms with Gasteiger partial charge >= 0.3 is 5.97 Å². The number of nitrogens with zero attached hydrogens (tertiary/aromatic N) is 2. The van der Waals surface area contributed by atoms with Crippen molar-refractivity contribution in [2.75, 3.05) is 26.3 Å². The average molecular weight is 503 g/mol. The first-order valence-corrected chi connectivity index (χ1v) is 13.1. The van der Waals surface area contributed by atoms with Crippen LogP contribution < -0.4 is 0 Å². The van der Waals surface area contributed by atoms with Crippen LogP contribution in [-0.4, -0.2) is 60.9 Å². The lowest BCUT2D eigenvalue weighted by Crippen LogP contribution is -2.42. The number of carboxylic acid groups (broad SMARTS) is 1. The lowest BCUT2D eigenvalue weighted by Gasteiger charge is -2.28. The number of fused-ring (bicyclic) bond motifs is 1. The maximum atomic E-state index is 13.2. The quantitative estimate of drug-likeness (QED) is 0.647. The molecule has 0 amide bonds. The van der Waals surface area contributed by atoms with Crippen molar-refractivity contribution in [1.29, 1.82) is 0 Å². The van der Waals surface area contributed by atoms with Crippen molar-refractivity contribution in [3.05, 3.63) is 57.6 Å². The monoisotopic (exact) mass is 502 g/mol. The van der Waals surface area contributed by atoms with Crippen molar-refractivity contribution in [2.45, 2.75) is 66.7 Å². The average Bonchev–Trinajstić information content (AvgIpc) is 3.23. The molecule has 8 heteroatoms. The maximum Gasteiger partial charge on any atom is 0.307 e. The minimum Gasteiger partial charge on any atom is -0.481 e. The normalized spacial score (nSPS) is 17.5. The minimum absolute atomic E-state index is 0.0181. The van der Waals surface area contributed by atoms with E-state index in [0.29, 0.717) is 39.4 Å². The molecule has 0 spiro atoms. The van der Waals surface area contributed by atoms with Gasteiger partial charge in [-0.15, -0.1) is 0 Å². The van der Waals surface area contributed by atoms with Gasteiger partial charge in [0.2, 0.25) is 0 Å². The molecule has 2 aromatic rings. The first-order chi connectivity index (χ1) is 16.4. The summed E-state index contributed by atoms with van der Waals surface area (Å²) >= 11 is -1.23. The second kappa shape index (κ2) is 11.3. The summed E-state index contributed by atoms with van der Waals surface area (Å²) in [6.45, 7) is 15.1. The Morgan fingerprint density at radius 1 is 0.971 bits per heavy atom. The van der Waals surface area contributed by atoms with E-state index in [1.165, 1.54) is 11.1 Å². The Morgan fingerprint density at radius 3 is 2.00 bits per heavy atom. The molecular formula is C27H38N2O5S. The van der Waals surface area contributed by atoms with Crippen LogP contribution >= 0.6 is 0 Å². The highest BCUT2D eigenvalue weighted by Gasteiger charge is 2.33. The zero-order chi connectivity index (χ0) is 25.9. The van der Waals surface area contributed by atoms with Gasteiger partial charge < -0.3 is 14.9 Å². The van der Waals surface area contributed by atoms with E-state index in [0.717, 1.165) is 33.4 Å². The van der Waals surface area contributed by atoms with Gasteiger partial charge in [-0.2, -0.15) is 0 Å². The standard InChI is InChI=1S/C23H28N2O4S.C4H10O/c1-15-4-6-18(7-5-15)23-17(3)21-14-25(30(28)24-8-10-29-11-9-24)13-20(21)16(2)19(23)12-22(26)27;1-4(2,3)5/h4-7H,8-14H2,1-3H3,(H,26,27);5H,1-3H3. The van der Waals surface area contributed by atoms with Gasteiger partial charge in [-0.05, 0) is 80.5 Å². The van der Waals surface area contributed by atoms with Crippen LogP contribution in [0.4, 0.5) is 0 Å². The van der Waals surface area contributed by atoms with Crippen molar-refractivity contribution in [3.8, 4) is 11.1 Å². The van der Waals surface area contributed by atoms with Crippen molar-refractivity contribution in [1.82, 2.24) is 8.61 Å². The van der Waals surface area contributed by atoms with Gasteiger partial charge in [-0.25, -0.2) is 12.8 Å². The minimum atomic E-state index is -1.23. The summed E-state index contributed by atoms with van der Waals surface area (Å²) in [5.74, 6) is -0.836. The number of carbonyl (C=O) groups is 1. The van der Waals surface area contributed by atoms with Crippen LogP contribution in [0.1, 0.15) is 54.2 Å². The van der Waals surface area contributed by atoms with E-state index in [4.69, 9.17) is 9.84 Å². The maximum absolute atomic E-state index is 13.2. The fraction of sp³-hybridized carbons (Fsp3) is 0.519. The summed E-state index contributed by atoms with van der Waals surface area (Å²) < 4.78 is 22.5. The molecule has 0 radical (unpaired) electrons. The Kier molecular flexibility index (Phi) is 8.88. The number of ether oxygens (including phenoxy) is 1. The molecule has 1 unspecified atom stereocenters. The number of benzene rings is 2. The van der Waals surface area contributed by atoms with Crippen molar-refractivity contribution < 1.29 is 24.0 Å². The molecule has 0 aliphatic carbocycles. The van der Waals surface area contributed by atoms with Crippen molar-refractivity contribution in [3.63, 3.8) is 0 Å². The highest BCUT2D eigenvalue weighted by Crippen LogP contribution is 2.40. The molecule has 1 saturated heterocycles. The molecular weight excluding hydrogens is 464 g/mol. The number of morpholine rings is 1. The number of rotatable bonds is 5. The molecule has 1 fully saturated rings. The molecule has 7 nitrogen and oxygen atoms in total. The van der Waals surface area contributed by atoms with E-state index < -0.39 is 22.7 Å². The molecule has 2 N–H and O–H groups in total. The van der Waals surface area contributed by atoms with Gasteiger partial charge in [0.05, 0.1) is 25.2 Å². The Bertz CT molecular complexity index is 1080. The molecule has 0 aromatic heterocycles. The predicted molar refractivity (Wildman–Crippen MR) is 139 cm³/mol. The fourth-order valence-corrected chi connectivity index (χ4v) is 5.76. The summed E-state index contributed by atoms with van der Waals surface area (Å²) in [7, 11) is 0. The van der Waals surface area contributed by atoms with Crippen LogP contribution in [0.15, 0.2) is 24.3 Å². The van der Waals surface area contributed by atoms with Crippen LogP contribution in [0.3, 0.4) is 0 Å². The molecule has 2 heterocycles. The van der Waals surface area contributed by atoms with E-state index in [-0.39, 0.29) is 6.42 Å². The van der Waals surface area contributed by atoms with E-state index >= 15 is 0 Å². The molecule has 2 aliphatic heterocycles. The Balaban J connectivity index is 0.000000623. The van der Waals surface area contributed by atoms with Crippen molar-refractivity contribution in [2.24, 2.45) is 0 Å². The third-order valence-electron chi connectivity index (χ3n) is 6.15. The zero-order valence-electron chi connectivity index (χ0n) is 21.7. The first-order valence-electron chi connectivity index (χ1n) is 12.0. The zero-order valence-corrected chi connectivity index (χ0v) is 22.5. The van der Waals surface area contributed by atoms with Crippen LogP contribution in [0.5, 0.6) is 0 Å². The number of hydrogen-bond acceptors (Lipinski definition) is 4. The number of aryl methyl sites for hydroxylation is 1. The second-order valence-corrected chi connectivity index (χ2v) is 11.7. The summed E-state index contributed by atoms with van der Waals surface area (Å²) in [6.07, 6.45) is -0.0181. The number of hydrogen-bond donors (Lipinski definition) is 2. The summed E-state index contributed by atoms with van der Waals surface area (Å²) in [4.78, 5) is 11.7. The Hall–Kier alpha value is -2.10. The van der Waals surface area contributed by atoms with Gasteiger partial charge in [-0.3, -0.25) is 4.79 Å². The molecule has 192 valence electrons. The van der Waals surface area contributed by atoms with Crippen LogP contribution in [0.25, 0.3) is 11.1 Å². The number of aliphatic carboxylic acids is 1. The Morgan fingerprint density at radius 2 is 1.49 bits per heavy atom. The molecule has 2 aromatic carbocycles. The third kappa shape index (κ3) is 6.98. The lowest BCUT2D eigenvalue weighted by molar-refractivity contribution is -0.136. The van der Waals surface area contributed by atoms with E-state index in [1.807, 2.05) is 22.5 Å². The SMILES string of the molecule is CC(C)(C)O.Cc1ccc(-c2c(C)c3c(c(C)c2CC(=O)O)CN(S(=O)N2CCOCC2)C3)cc1.